The molecule has 0 radical (unpaired) electrons. The molecular formula is C19H22N4O3S. The fraction of sp³-hybridized carbons (Fsp3) is 0.474. The molecule has 0 aliphatic heterocycles. The van der Waals surface area contributed by atoms with Gasteiger partial charge in [-0.1, -0.05) is 18.2 Å². The van der Waals surface area contributed by atoms with E-state index < -0.39 is 0 Å². The van der Waals surface area contributed by atoms with Crippen LogP contribution in [0, 0.1) is 11.8 Å². The van der Waals surface area contributed by atoms with Gasteiger partial charge in [-0.2, -0.15) is 0 Å². The van der Waals surface area contributed by atoms with Crippen molar-refractivity contribution in [1.29, 1.82) is 0 Å². The van der Waals surface area contributed by atoms with Gasteiger partial charge in [-0.15, -0.1) is 10.2 Å². The molecule has 3 atom stereocenters. The first-order valence-corrected chi connectivity index (χ1v) is 10.2. The van der Waals surface area contributed by atoms with Crippen molar-refractivity contribution >= 4 is 29.3 Å². The van der Waals surface area contributed by atoms with Crippen LogP contribution in [-0.4, -0.2) is 33.8 Å². The number of fused-ring (bicyclic) bond motifs is 2. The minimum Gasteiger partial charge on any atom is -0.411 e. The Hall–Kier alpha value is -2.35. The van der Waals surface area contributed by atoms with Crippen molar-refractivity contribution in [1.82, 2.24) is 15.5 Å². The second-order valence-corrected chi connectivity index (χ2v) is 8.20. The third kappa shape index (κ3) is 4.32. The number of nitrogens with zero attached hydrogens (tertiary/aromatic N) is 2. The second kappa shape index (κ2) is 7.72. The number of amides is 2. The second-order valence-electron chi connectivity index (χ2n) is 7.27. The molecule has 0 saturated heterocycles. The van der Waals surface area contributed by atoms with Gasteiger partial charge in [0.15, 0.2) is 0 Å². The molecule has 1 aromatic heterocycles. The van der Waals surface area contributed by atoms with Gasteiger partial charge < -0.3 is 15.1 Å². The maximum Gasteiger partial charge on any atom is 0.277 e. The van der Waals surface area contributed by atoms with Crippen molar-refractivity contribution in [2.24, 2.45) is 11.8 Å². The van der Waals surface area contributed by atoms with Gasteiger partial charge in [-0.25, -0.2) is 0 Å². The lowest BCUT2D eigenvalue weighted by Crippen LogP contribution is -2.39. The molecular weight excluding hydrogens is 364 g/mol. The zero-order valence-electron chi connectivity index (χ0n) is 15.1. The molecule has 0 spiro atoms. The van der Waals surface area contributed by atoms with Crippen molar-refractivity contribution in [3.63, 3.8) is 0 Å². The molecule has 2 saturated carbocycles. The third-order valence-corrected chi connectivity index (χ3v) is 6.09. The number of aromatic nitrogens is 2. The quantitative estimate of drug-likeness (QED) is 0.741. The van der Waals surface area contributed by atoms with E-state index in [0.717, 1.165) is 17.9 Å². The van der Waals surface area contributed by atoms with Gasteiger partial charge in [-0.3, -0.25) is 9.59 Å². The molecule has 27 heavy (non-hydrogen) atoms. The summed E-state index contributed by atoms with van der Waals surface area (Å²) in [6.07, 6.45) is 4.96. The Bertz CT molecular complexity index is 836. The number of nitrogens with one attached hydrogen (secondary N) is 2. The van der Waals surface area contributed by atoms with Gasteiger partial charge in [0.25, 0.3) is 5.22 Å². The molecule has 2 amide bonds. The van der Waals surface area contributed by atoms with Crippen LogP contribution >= 0.6 is 11.8 Å². The van der Waals surface area contributed by atoms with Crippen LogP contribution in [0.3, 0.4) is 0 Å². The molecule has 1 heterocycles. The van der Waals surface area contributed by atoms with Crippen LogP contribution < -0.4 is 10.6 Å². The molecule has 0 unspecified atom stereocenters. The molecule has 2 aliphatic carbocycles. The predicted octanol–water partition coefficient (Wildman–Crippen LogP) is 3.09. The normalized spacial score (nSPS) is 23.4. The number of hydrogen-bond acceptors (Lipinski definition) is 6. The van der Waals surface area contributed by atoms with E-state index in [0.29, 0.717) is 28.8 Å². The highest BCUT2D eigenvalue weighted by atomic mass is 32.2. The summed E-state index contributed by atoms with van der Waals surface area (Å²) >= 11 is 1.25. The molecule has 2 aromatic rings. The highest BCUT2D eigenvalue weighted by Gasteiger charge is 2.40. The SMILES string of the molecule is CC(=O)Nc1ccc(-c2nnc(SCC(=O)N[C@H]3C[C@H]4CC[C@@H]3C4)o2)cc1. The fourth-order valence-corrected chi connectivity index (χ4v) is 4.66. The van der Waals surface area contributed by atoms with Crippen LogP contribution in [0.1, 0.15) is 32.6 Å². The number of rotatable bonds is 6. The standard InChI is InChI=1S/C19H22N4O3S/c1-11(24)20-15-6-4-13(5-7-15)18-22-23-19(26-18)27-10-17(25)21-16-9-12-2-3-14(16)8-12/h4-7,12,14,16H,2-3,8-10H2,1H3,(H,20,24)(H,21,25)/t12-,14+,16-/m0/s1. The van der Waals surface area contributed by atoms with Crippen LogP contribution in [0.5, 0.6) is 0 Å². The smallest absolute Gasteiger partial charge is 0.277 e. The van der Waals surface area contributed by atoms with E-state index >= 15 is 0 Å². The Morgan fingerprint density at radius 1 is 1.19 bits per heavy atom. The molecule has 2 fully saturated rings. The maximum atomic E-state index is 12.2. The lowest BCUT2D eigenvalue weighted by Gasteiger charge is -2.22. The minimum atomic E-state index is -0.122. The molecule has 7 nitrogen and oxygen atoms in total. The highest BCUT2D eigenvalue weighted by molar-refractivity contribution is 7.99. The summed E-state index contributed by atoms with van der Waals surface area (Å²) in [7, 11) is 0. The van der Waals surface area contributed by atoms with Crippen molar-refractivity contribution in [2.45, 2.75) is 43.9 Å². The van der Waals surface area contributed by atoms with Crippen LogP contribution in [-0.2, 0) is 9.59 Å². The summed E-state index contributed by atoms with van der Waals surface area (Å²) in [6, 6.07) is 7.49. The lowest BCUT2D eigenvalue weighted by molar-refractivity contribution is -0.119. The molecule has 4 rings (SSSR count). The van der Waals surface area contributed by atoms with Gasteiger partial charge in [0.1, 0.15) is 0 Å². The fourth-order valence-electron chi connectivity index (χ4n) is 4.08. The predicted molar refractivity (Wildman–Crippen MR) is 102 cm³/mol. The first-order chi connectivity index (χ1) is 13.1. The summed E-state index contributed by atoms with van der Waals surface area (Å²) in [6.45, 7) is 1.46. The highest BCUT2D eigenvalue weighted by Crippen LogP contribution is 2.44. The Labute approximate surface area is 161 Å². The van der Waals surface area contributed by atoms with Gasteiger partial charge in [-0.05, 0) is 55.4 Å². The summed E-state index contributed by atoms with van der Waals surface area (Å²) in [5.74, 6) is 2.04. The van der Waals surface area contributed by atoms with E-state index in [2.05, 4.69) is 20.8 Å². The number of thioether (sulfide) groups is 1. The van der Waals surface area contributed by atoms with Crippen molar-refractivity contribution in [3.8, 4) is 11.5 Å². The zero-order chi connectivity index (χ0) is 18.8. The number of hydrogen-bond donors (Lipinski definition) is 2. The molecule has 1 aromatic carbocycles. The number of carbonyl (C=O) groups excluding carboxylic acids is 2. The number of benzene rings is 1. The van der Waals surface area contributed by atoms with Crippen LogP contribution in [0.15, 0.2) is 33.9 Å². The average Bonchev–Trinajstić information content (AvgIpc) is 3.37. The van der Waals surface area contributed by atoms with E-state index in [1.165, 1.54) is 37.9 Å². The number of carbonyl (C=O) groups is 2. The van der Waals surface area contributed by atoms with Crippen molar-refractivity contribution in [3.05, 3.63) is 24.3 Å². The molecule has 2 N–H and O–H groups in total. The minimum absolute atomic E-state index is 0.0250. The average molecular weight is 386 g/mol. The summed E-state index contributed by atoms with van der Waals surface area (Å²) in [5, 5.41) is 14.3. The van der Waals surface area contributed by atoms with Crippen molar-refractivity contribution in [2.75, 3.05) is 11.1 Å². The molecule has 142 valence electrons. The van der Waals surface area contributed by atoms with E-state index in [-0.39, 0.29) is 17.6 Å². The van der Waals surface area contributed by atoms with Gasteiger partial charge >= 0.3 is 0 Å². The van der Waals surface area contributed by atoms with Crippen LogP contribution in [0.2, 0.25) is 0 Å². The summed E-state index contributed by atoms with van der Waals surface area (Å²) in [4.78, 5) is 23.3. The Morgan fingerprint density at radius 3 is 2.67 bits per heavy atom. The largest absolute Gasteiger partial charge is 0.411 e. The third-order valence-electron chi connectivity index (χ3n) is 5.27. The van der Waals surface area contributed by atoms with E-state index in [4.69, 9.17) is 4.42 Å². The monoisotopic (exact) mass is 386 g/mol. The topological polar surface area (TPSA) is 97.1 Å². The van der Waals surface area contributed by atoms with Gasteiger partial charge in [0.05, 0.1) is 5.75 Å². The Balaban J connectivity index is 1.29. The summed E-state index contributed by atoms with van der Waals surface area (Å²) in [5.41, 5.74) is 1.47. The Kier molecular flexibility index (Phi) is 5.15. The van der Waals surface area contributed by atoms with Gasteiger partial charge in [0.2, 0.25) is 17.7 Å². The van der Waals surface area contributed by atoms with Crippen LogP contribution in [0.25, 0.3) is 11.5 Å². The zero-order valence-corrected chi connectivity index (χ0v) is 15.9. The first kappa shape index (κ1) is 18.0. The summed E-state index contributed by atoms with van der Waals surface area (Å²) < 4.78 is 5.63. The van der Waals surface area contributed by atoms with Gasteiger partial charge in [0, 0.05) is 24.2 Å². The van der Waals surface area contributed by atoms with E-state index in [1.807, 2.05) is 0 Å². The molecule has 8 heteroatoms. The van der Waals surface area contributed by atoms with E-state index in [9.17, 15) is 9.59 Å². The van der Waals surface area contributed by atoms with E-state index in [1.54, 1.807) is 24.3 Å². The number of anilines is 1. The first-order valence-electron chi connectivity index (χ1n) is 9.20. The lowest BCUT2D eigenvalue weighted by atomic mass is 9.95. The molecule has 2 bridgehead atoms. The van der Waals surface area contributed by atoms with Crippen molar-refractivity contribution < 1.29 is 14.0 Å². The maximum absolute atomic E-state index is 12.2. The Morgan fingerprint density at radius 2 is 2.00 bits per heavy atom. The molecule has 2 aliphatic rings. The van der Waals surface area contributed by atoms with Crippen LogP contribution in [0.4, 0.5) is 5.69 Å².